The average Bonchev–Trinajstić information content (AvgIpc) is 2.35. The molecule has 0 bridgehead atoms. The van der Waals surface area contributed by atoms with Crippen LogP contribution in [0.3, 0.4) is 0 Å². The Labute approximate surface area is 96.8 Å². The van der Waals surface area contributed by atoms with E-state index in [1.165, 1.54) is 7.11 Å². The highest BCUT2D eigenvalue weighted by atomic mass is 16.5. The number of likely N-dealkylation sites (N-methyl/N-ethyl adjacent to an activating group) is 1. The number of benzene rings is 1. The summed E-state index contributed by atoms with van der Waals surface area (Å²) in [4.78, 5) is 11.6. The van der Waals surface area contributed by atoms with E-state index in [2.05, 4.69) is 5.32 Å². The summed E-state index contributed by atoms with van der Waals surface area (Å²) in [5.74, 6) is -0.105. The Hall–Kier alpha value is -1.35. The molecule has 0 amide bonds. The quantitative estimate of drug-likeness (QED) is 0.772. The van der Waals surface area contributed by atoms with Crippen molar-refractivity contribution < 1.29 is 9.53 Å². The zero-order valence-electron chi connectivity index (χ0n) is 10.1. The zero-order valence-corrected chi connectivity index (χ0v) is 10.1. The van der Waals surface area contributed by atoms with Crippen LogP contribution in [0.1, 0.15) is 25.3 Å². The van der Waals surface area contributed by atoms with Gasteiger partial charge in [0.05, 0.1) is 7.11 Å². The van der Waals surface area contributed by atoms with Gasteiger partial charge in [0.2, 0.25) is 0 Å². The molecule has 0 heterocycles. The largest absolute Gasteiger partial charge is 0.468 e. The summed E-state index contributed by atoms with van der Waals surface area (Å²) in [6, 6.07) is 9.70. The molecule has 3 nitrogen and oxygen atoms in total. The predicted molar refractivity (Wildman–Crippen MR) is 64.3 cm³/mol. The number of hydrogen-bond acceptors (Lipinski definition) is 3. The van der Waals surface area contributed by atoms with E-state index in [-0.39, 0.29) is 17.9 Å². The van der Waals surface area contributed by atoms with Crippen molar-refractivity contribution in [2.75, 3.05) is 13.7 Å². The maximum absolute atomic E-state index is 11.6. The Morgan fingerprint density at radius 2 is 2.00 bits per heavy atom. The predicted octanol–water partition coefficient (Wildman–Crippen LogP) is 1.94. The first kappa shape index (κ1) is 12.7. The van der Waals surface area contributed by atoms with Crippen LogP contribution in [0.25, 0.3) is 0 Å². The lowest BCUT2D eigenvalue weighted by Gasteiger charge is -2.22. The van der Waals surface area contributed by atoms with Gasteiger partial charge in [-0.05, 0) is 12.1 Å². The summed E-state index contributed by atoms with van der Waals surface area (Å²) >= 11 is 0. The topological polar surface area (TPSA) is 38.3 Å². The van der Waals surface area contributed by atoms with Crippen molar-refractivity contribution in [3.63, 3.8) is 0 Å². The number of nitrogens with one attached hydrogen (secondary N) is 1. The molecular formula is C13H19NO2. The van der Waals surface area contributed by atoms with Crippen LogP contribution in [-0.4, -0.2) is 25.7 Å². The summed E-state index contributed by atoms with van der Waals surface area (Å²) in [5, 5.41) is 3.16. The second-order valence-electron chi connectivity index (χ2n) is 3.76. The highest BCUT2D eigenvalue weighted by Crippen LogP contribution is 2.19. The van der Waals surface area contributed by atoms with Crippen molar-refractivity contribution in [1.82, 2.24) is 5.32 Å². The van der Waals surface area contributed by atoms with Crippen LogP contribution in [0.15, 0.2) is 30.3 Å². The lowest BCUT2D eigenvalue weighted by Crippen LogP contribution is -2.41. The number of carbonyl (C=O) groups is 1. The van der Waals surface area contributed by atoms with Gasteiger partial charge in [-0.1, -0.05) is 44.2 Å². The highest BCUT2D eigenvalue weighted by molar-refractivity contribution is 5.77. The first-order valence-corrected chi connectivity index (χ1v) is 5.56. The molecule has 0 spiro atoms. The van der Waals surface area contributed by atoms with E-state index in [4.69, 9.17) is 4.74 Å². The van der Waals surface area contributed by atoms with Crippen LogP contribution < -0.4 is 5.32 Å². The molecule has 2 unspecified atom stereocenters. The molecule has 0 aliphatic heterocycles. The van der Waals surface area contributed by atoms with E-state index in [1.807, 2.05) is 44.2 Å². The van der Waals surface area contributed by atoms with Crippen LogP contribution in [0.2, 0.25) is 0 Å². The highest BCUT2D eigenvalue weighted by Gasteiger charge is 2.25. The molecule has 88 valence electrons. The van der Waals surface area contributed by atoms with Gasteiger partial charge in [-0.25, -0.2) is 0 Å². The fourth-order valence-corrected chi connectivity index (χ4v) is 1.76. The summed E-state index contributed by atoms with van der Waals surface area (Å²) in [7, 11) is 1.42. The minimum absolute atomic E-state index is 0.105. The number of ether oxygens (including phenoxy) is 1. The molecule has 1 aromatic rings. The van der Waals surface area contributed by atoms with Gasteiger partial charge in [-0.2, -0.15) is 0 Å². The van der Waals surface area contributed by atoms with Crippen molar-refractivity contribution in [3.05, 3.63) is 35.9 Å². The Bertz CT molecular complexity index is 324. The van der Waals surface area contributed by atoms with Crippen molar-refractivity contribution in [3.8, 4) is 0 Å². The molecule has 3 heteroatoms. The zero-order chi connectivity index (χ0) is 12.0. The van der Waals surface area contributed by atoms with Crippen LogP contribution in [0, 0.1) is 0 Å². The van der Waals surface area contributed by atoms with Crippen molar-refractivity contribution in [2.24, 2.45) is 0 Å². The molecule has 2 atom stereocenters. The number of methoxy groups -OCH3 is 1. The van der Waals surface area contributed by atoms with Gasteiger partial charge in [0.1, 0.15) is 6.04 Å². The summed E-state index contributed by atoms with van der Waals surface area (Å²) < 4.78 is 4.81. The van der Waals surface area contributed by atoms with Gasteiger partial charge < -0.3 is 10.1 Å². The van der Waals surface area contributed by atoms with Crippen LogP contribution in [0.4, 0.5) is 0 Å². The van der Waals surface area contributed by atoms with E-state index in [0.29, 0.717) is 0 Å². The molecule has 0 saturated heterocycles. The molecule has 16 heavy (non-hydrogen) atoms. The first-order valence-electron chi connectivity index (χ1n) is 5.56. The summed E-state index contributed by atoms with van der Waals surface area (Å²) in [6.07, 6.45) is 0. The molecular weight excluding hydrogens is 202 g/mol. The second-order valence-corrected chi connectivity index (χ2v) is 3.76. The first-order chi connectivity index (χ1) is 7.70. The van der Waals surface area contributed by atoms with E-state index in [9.17, 15) is 4.79 Å². The minimum Gasteiger partial charge on any atom is -0.468 e. The third-order valence-electron chi connectivity index (χ3n) is 2.70. The van der Waals surface area contributed by atoms with Gasteiger partial charge in [-0.15, -0.1) is 0 Å². The third kappa shape index (κ3) is 3.07. The normalized spacial score (nSPS) is 14.2. The Morgan fingerprint density at radius 3 is 2.50 bits per heavy atom. The van der Waals surface area contributed by atoms with Gasteiger partial charge in [0.15, 0.2) is 0 Å². The molecule has 0 fully saturated rings. The summed E-state index contributed by atoms with van der Waals surface area (Å²) in [5.41, 5.74) is 1.14. The molecule has 0 aromatic heterocycles. The average molecular weight is 221 g/mol. The lowest BCUT2D eigenvalue weighted by atomic mass is 9.93. The number of esters is 1. The number of hydrogen-bond donors (Lipinski definition) is 1. The molecule has 1 N–H and O–H groups in total. The fraction of sp³-hybridized carbons (Fsp3) is 0.462. The fourth-order valence-electron chi connectivity index (χ4n) is 1.76. The number of carbonyl (C=O) groups excluding carboxylic acids is 1. The Balaban J connectivity index is 2.82. The van der Waals surface area contributed by atoms with Crippen molar-refractivity contribution in [2.45, 2.75) is 25.8 Å². The minimum atomic E-state index is -0.280. The SMILES string of the molecule is CCNC(C(=O)OC)C(C)c1ccccc1. The molecule has 0 aliphatic carbocycles. The van der Waals surface area contributed by atoms with E-state index in [1.54, 1.807) is 0 Å². The van der Waals surface area contributed by atoms with Gasteiger partial charge in [0, 0.05) is 5.92 Å². The number of rotatable bonds is 5. The third-order valence-corrected chi connectivity index (χ3v) is 2.70. The molecule has 0 radical (unpaired) electrons. The van der Waals surface area contributed by atoms with Gasteiger partial charge >= 0.3 is 5.97 Å². The maximum atomic E-state index is 11.6. The van der Waals surface area contributed by atoms with E-state index < -0.39 is 0 Å². The van der Waals surface area contributed by atoms with Crippen LogP contribution >= 0.6 is 0 Å². The van der Waals surface area contributed by atoms with Crippen LogP contribution in [-0.2, 0) is 9.53 Å². The van der Waals surface area contributed by atoms with Gasteiger partial charge in [-0.3, -0.25) is 4.79 Å². The smallest absolute Gasteiger partial charge is 0.323 e. The van der Waals surface area contributed by atoms with Crippen molar-refractivity contribution in [1.29, 1.82) is 0 Å². The Kier molecular flexibility index (Phi) is 4.99. The molecule has 1 rings (SSSR count). The molecule has 0 saturated carbocycles. The maximum Gasteiger partial charge on any atom is 0.323 e. The van der Waals surface area contributed by atoms with Crippen molar-refractivity contribution >= 4 is 5.97 Å². The Morgan fingerprint density at radius 1 is 1.38 bits per heavy atom. The standard InChI is InChI=1S/C13H19NO2/c1-4-14-12(13(15)16-3)10(2)11-8-6-5-7-9-11/h5-10,12,14H,4H2,1-3H3. The lowest BCUT2D eigenvalue weighted by molar-refractivity contribution is -0.143. The van der Waals surface area contributed by atoms with Crippen LogP contribution in [0.5, 0.6) is 0 Å². The van der Waals surface area contributed by atoms with E-state index in [0.717, 1.165) is 12.1 Å². The second kappa shape index (κ2) is 6.28. The summed E-state index contributed by atoms with van der Waals surface area (Å²) in [6.45, 7) is 4.75. The molecule has 1 aromatic carbocycles. The molecule has 0 aliphatic rings. The monoisotopic (exact) mass is 221 g/mol. The van der Waals surface area contributed by atoms with E-state index >= 15 is 0 Å². The van der Waals surface area contributed by atoms with Gasteiger partial charge in [0.25, 0.3) is 0 Å².